The van der Waals surface area contributed by atoms with E-state index in [1.807, 2.05) is 35.2 Å². The molecule has 2 aromatic heterocycles. The zero-order chi connectivity index (χ0) is 24.5. The Morgan fingerprint density at radius 1 is 0.917 bits per heavy atom. The number of amides is 1. The van der Waals surface area contributed by atoms with Crippen molar-refractivity contribution in [3.63, 3.8) is 0 Å². The van der Waals surface area contributed by atoms with E-state index in [9.17, 15) is 4.79 Å². The molecule has 0 bridgehead atoms. The Balaban J connectivity index is 1.16. The van der Waals surface area contributed by atoms with Crippen molar-refractivity contribution >= 4 is 27.9 Å². The normalized spacial score (nSPS) is 14.5. The second-order valence-corrected chi connectivity index (χ2v) is 9.15. The molecule has 1 amide bonds. The number of piperazine rings is 1. The highest BCUT2D eigenvalue weighted by Gasteiger charge is 2.26. The third-order valence-electron chi connectivity index (χ3n) is 6.88. The molecule has 182 valence electrons. The van der Waals surface area contributed by atoms with Crippen LogP contribution in [0.15, 0.2) is 83.3 Å². The van der Waals surface area contributed by atoms with Crippen LogP contribution >= 0.6 is 0 Å². The Labute approximate surface area is 209 Å². The minimum atomic E-state index is -0.0794. The van der Waals surface area contributed by atoms with Crippen LogP contribution in [-0.2, 0) is 13.1 Å². The molecule has 0 saturated carbocycles. The van der Waals surface area contributed by atoms with E-state index in [0.29, 0.717) is 30.2 Å². The molecule has 0 atom stereocenters. The Kier molecular flexibility index (Phi) is 5.91. The van der Waals surface area contributed by atoms with Gasteiger partial charge in [0.15, 0.2) is 17.1 Å². The Hall–Kier alpha value is -4.10. The fraction of sp³-hybridized carbons (Fsp3) is 0.241. The first-order chi connectivity index (χ1) is 17.7. The monoisotopic (exact) mass is 480 g/mol. The average molecular weight is 481 g/mol. The van der Waals surface area contributed by atoms with Crippen molar-refractivity contribution in [2.45, 2.75) is 13.1 Å². The molecule has 3 aromatic carbocycles. The summed E-state index contributed by atoms with van der Waals surface area (Å²) >= 11 is 0. The summed E-state index contributed by atoms with van der Waals surface area (Å²) in [6.45, 7) is 4.38. The van der Waals surface area contributed by atoms with Crippen molar-refractivity contribution in [3.8, 4) is 5.75 Å². The fourth-order valence-electron chi connectivity index (χ4n) is 4.96. The first kappa shape index (κ1) is 22.4. The molecule has 3 heterocycles. The number of para-hydroxylation sites is 3. The molecular formula is C29H28N4O3. The predicted octanol–water partition coefficient (Wildman–Crippen LogP) is 4.80. The zero-order valence-electron chi connectivity index (χ0n) is 20.3. The average Bonchev–Trinajstić information content (AvgIpc) is 3.51. The second-order valence-electron chi connectivity index (χ2n) is 9.15. The van der Waals surface area contributed by atoms with Gasteiger partial charge in [-0.15, -0.1) is 0 Å². The molecule has 1 aliphatic rings. The van der Waals surface area contributed by atoms with Crippen LogP contribution in [0.3, 0.4) is 0 Å². The number of hydrogen-bond acceptors (Lipinski definition) is 5. The molecule has 1 aliphatic heterocycles. The van der Waals surface area contributed by atoms with Gasteiger partial charge in [-0.2, -0.15) is 0 Å². The molecule has 7 heteroatoms. The first-order valence-corrected chi connectivity index (χ1v) is 12.3. The van der Waals surface area contributed by atoms with Gasteiger partial charge in [-0.25, -0.2) is 4.98 Å². The number of hydrogen-bond donors (Lipinski definition) is 0. The number of rotatable bonds is 6. The quantitative estimate of drug-likeness (QED) is 0.349. The predicted molar refractivity (Wildman–Crippen MR) is 139 cm³/mol. The Morgan fingerprint density at radius 3 is 2.50 bits per heavy atom. The number of methoxy groups -OCH3 is 1. The van der Waals surface area contributed by atoms with Crippen molar-refractivity contribution in [3.05, 3.63) is 96.0 Å². The highest BCUT2D eigenvalue weighted by Crippen LogP contribution is 2.29. The van der Waals surface area contributed by atoms with Crippen LogP contribution in [0.2, 0.25) is 0 Å². The van der Waals surface area contributed by atoms with Gasteiger partial charge in [-0.05, 0) is 29.8 Å². The number of nitrogens with zero attached hydrogens (tertiary/aromatic N) is 4. The van der Waals surface area contributed by atoms with Crippen LogP contribution in [0.4, 0.5) is 0 Å². The molecular weight excluding hydrogens is 452 g/mol. The maximum absolute atomic E-state index is 13.2. The maximum Gasteiger partial charge on any atom is 0.289 e. The van der Waals surface area contributed by atoms with Gasteiger partial charge in [0, 0.05) is 38.1 Å². The van der Waals surface area contributed by atoms with Crippen molar-refractivity contribution in [1.82, 2.24) is 19.4 Å². The third kappa shape index (κ3) is 4.22. The summed E-state index contributed by atoms with van der Waals surface area (Å²) in [4.78, 5) is 22.4. The van der Waals surface area contributed by atoms with E-state index in [2.05, 4.69) is 51.9 Å². The Bertz CT molecular complexity index is 1510. The van der Waals surface area contributed by atoms with E-state index in [1.165, 1.54) is 5.56 Å². The van der Waals surface area contributed by atoms with Crippen molar-refractivity contribution in [2.75, 3.05) is 33.3 Å². The smallest absolute Gasteiger partial charge is 0.289 e. The summed E-state index contributed by atoms with van der Waals surface area (Å²) < 4.78 is 13.6. The number of carbonyl (C=O) groups excluding carboxylic acids is 1. The number of furan rings is 1. The molecule has 6 rings (SSSR count). The molecule has 0 aliphatic carbocycles. The van der Waals surface area contributed by atoms with E-state index in [-0.39, 0.29) is 5.91 Å². The summed E-state index contributed by atoms with van der Waals surface area (Å²) in [6.07, 6.45) is 0. The largest absolute Gasteiger partial charge is 0.493 e. The maximum atomic E-state index is 13.2. The molecule has 36 heavy (non-hydrogen) atoms. The van der Waals surface area contributed by atoms with Crippen molar-refractivity contribution in [2.24, 2.45) is 0 Å². The lowest BCUT2D eigenvalue weighted by Gasteiger charge is -2.34. The Morgan fingerprint density at radius 2 is 1.69 bits per heavy atom. The van der Waals surface area contributed by atoms with Crippen molar-refractivity contribution < 1.29 is 13.9 Å². The van der Waals surface area contributed by atoms with Gasteiger partial charge in [0.05, 0.1) is 24.7 Å². The zero-order valence-corrected chi connectivity index (χ0v) is 20.3. The summed E-state index contributed by atoms with van der Waals surface area (Å²) in [6, 6.07) is 26.2. The SMILES string of the molecule is COc1cccc2cc(C(=O)N3CCN(Cc4nc5ccccc5n4Cc4ccccc4)CC3)oc12. The topological polar surface area (TPSA) is 63.7 Å². The first-order valence-electron chi connectivity index (χ1n) is 12.3. The van der Waals surface area contributed by atoms with Gasteiger partial charge in [0.2, 0.25) is 0 Å². The van der Waals surface area contributed by atoms with E-state index >= 15 is 0 Å². The number of benzene rings is 3. The number of imidazole rings is 1. The van der Waals surface area contributed by atoms with E-state index in [0.717, 1.165) is 48.4 Å². The molecule has 5 aromatic rings. The molecule has 0 radical (unpaired) electrons. The van der Waals surface area contributed by atoms with Gasteiger partial charge < -0.3 is 18.6 Å². The third-order valence-corrected chi connectivity index (χ3v) is 6.88. The molecule has 1 fully saturated rings. The summed E-state index contributed by atoms with van der Waals surface area (Å²) in [5.74, 6) is 1.95. The summed E-state index contributed by atoms with van der Waals surface area (Å²) in [7, 11) is 1.60. The van der Waals surface area contributed by atoms with E-state index in [1.54, 1.807) is 13.2 Å². The molecule has 0 N–H and O–H groups in total. The standard InChI is InChI=1S/C29H28N4O3/c1-35-25-13-7-10-22-18-26(36-28(22)25)29(34)32-16-14-31(15-17-32)20-27-30-23-11-5-6-12-24(23)33(27)19-21-8-3-2-4-9-21/h2-13,18H,14-17,19-20H2,1H3. The number of ether oxygens (including phenoxy) is 1. The lowest BCUT2D eigenvalue weighted by Crippen LogP contribution is -2.48. The molecule has 7 nitrogen and oxygen atoms in total. The van der Waals surface area contributed by atoms with Crippen molar-refractivity contribution in [1.29, 1.82) is 0 Å². The van der Waals surface area contributed by atoms with Crippen LogP contribution in [-0.4, -0.2) is 58.5 Å². The highest BCUT2D eigenvalue weighted by atomic mass is 16.5. The molecule has 1 saturated heterocycles. The van der Waals surface area contributed by atoms with Crippen LogP contribution in [0.5, 0.6) is 5.75 Å². The summed E-state index contributed by atoms with van der Waals surface area (Å²) in [5.41, 5.74) is 4.02. The molecule has 0 spiro atoms. The minimum Gasteiger partial charge on any atom is -0.493 e. The number of carbonyl (C=O) groups is 1. The van der Waals surface area contributed by atoms with Crippen LogP contribution in [0, 0.1) is 0 Å². The van der Waals surface area contributed by atoms with Gasteiger partial charge in [-0.3, -0.25) is 9.69 Å². The number of aromatic nitrogens is 2. The van der Waals surface area contributed by atoms with Gasteiger partial charge in [0.25, 0.3) is 5.91 Å². The van der Waals surface area contributed by atoms with E-state index in [4.69, 9.17) is 14.1 Å². The lowest BCUT2D eigenvalue weighted by atomic mass is 10.2. The second kappa shape index (κ2) is 9.51. The van der Waals surface area contributed by atoms with E-state index < -0.39 is 0 Å². The number of fused-ring (bicyclic) bond motifs is 2. The lowest BCUT2D eigenvalue weighted by molar-refractivity contribution is 0.0596. The van der Waals surface area contributed by atoms with Gasteiger partial charge >= 0.3 is 0 Å². The van der Waals surface area contributed by atoms with Crippen LogP contribution in [0.25, 0.3) is 22.0 Å². The summed E-state index contributed by atoms with van der Waals surface area (Å²) in [5, 5.41) is 0.869. The fourth-order valence-corrected chi connectivity index (χ4v) is 4.96. The minimum absolute atomic E-state index is 0.0794. The highest BCUT2D eigenvalue weighted by molar-refractivity contribution is 5.97. The van der Waals surface area contributed by atoms with Gasteiger partial charge in [0.1, 0.15) is 5.82 Å². The van der Waals surface area contributed by atoms with Crippen LogP contribution in [0.1, 0.15) is 21.9 Å². The van der Waals surface area contributed by atoms with Gasteiger partial charge in [-0.1, -0.05) is 54.6 Å². The molecule has 0 unspecified atom stereocenters. The van der Waals surface area contributed by atoms with Crippen LogP contribution < -0.4 is 4.74 Å².